The lowest BCUT2D eigenvalue weighted by molar-refractivity contribution is 0.0600. The SMILES string of the molecule is COC(=O)c1ccc([C@@H](N)C(C)(C)CO)cc1. The molecule has 17 heavy (non-hydrogen) atoms. The highest BCUT2D eigenvalue weighted by Gasteiger charge is 2.26. The van der Waals surface area contributed by atoms with Crippen molar-refractivity contribution >= 4 is 5.97 Å². The monoisotopic (exact) mass is 237 g/mol. The first-order valence-corrected chi connectivity index (χ1v) is 5.47. The van der Waals surface area contributed by atoms with Crippen LogP contribution in [0.25, 0.3) is 0 Å². The van der Waals surface area contributed by atoms with Gasteiger partial charge in [0.25, 0.3) is 0 Å². The lowest BCUT2D eigenvalue weighted by Crippen LogP contribution is -2.32. The van der Waals surface area contributed by atoms with Crippen LogP contribution in [0.15, 0.2) is 24.3 Å². The minimum atomic E-state index is -0.396. The molecule has 0 bridgehead atoms. The summed E-state index contributed by atoms with van der Waals surface area (Å²) >= 11 is 0. The molecule has 1 rings (SSSR count). The van der Waals surface area contributed by atoms with Gasteiger partial charge in [-0.25, -0.2) is 4.79 Å². The Kier molecular flexibility index (Phi) is 4.26. The van der Waals surface area contributed by atoms with E-state index in [1.807, 2.05) is 13.8 Å². The van der Waals surface area contributed by atoms with Gasteiger partial charge in [0.05, 0.1) is 12.7 Å². The van der Waals surface area contributed by atoms with Gasteiger partial charge >= 0.3 is 5.97 Å². The molecule has 0 aliphatic carbocycles. The molecule has 4 heteroatoms. The molecular weight excluding hydrogens is 218 g/mol. The van der Waals surface area contributed by atoms with E-state index >= 15 is 0 Å². The van der Waals surface area contributed by atoms with Gasteiger partial charge in [0.1, 0.15) is 0 Å². The third-order valence-corrected chi connectivity index (χ3v) is 2.94. The number of methoxy groups -OCH3 is 1. The standard InChI is InChI=1S/C13H19NO3/c1-13(2,8-15)11(14)9-4-6-10(7-5-9)12(16)17-3/h4-7,11,15H,8,14H2,1-3H3/t11-/m1/s1. The minimum Gasteiger partial charge on any atom is -0.465 e. The number of hydrogen-bond donors (Lipinski definition) is 2. The van der Waals surface area contributed by atoms with Gasteiger partial charge in [-0.1, -0.05) is 26.0 Å². The van der Waals surface area contributed by atoms with Crippen molar-refractivity contribution in [2.75, 3.05) is 13.7 Å². The van der Waals surface area contributed by atoms with Crippen LogP contribution in [0.5, 0.6) is 0 Å². The number of rotatable bonds is 4. The van der Waals surface area contributed by atoms with Crippen LogP contribution in [0.4, 0.5) is 0 Å². The van der Waals surface area contributed by atoms with Gasteiger partial charge in [-0.3, -0.25) is 0 Å². The van der Waals surface area contributed by atoms with Crippen LogP contribution in [0, 0.1) is 5.41 Å². The van der Waals surface area contributed by atoms with Crippen molar-refractivity contribution < 1.29 is 14.6 Å². The second-order valence-corrected chi connectivity index (χ2v) is 4.74. The van der Waals surface area contributed by atoms with Gasteiger partial charge in [-0.05, 0) is 17.7 Å². The Balaban J connectivity index is 2.91. The predicted octanol–water partition coefficient (Wildman–Crippen LogP) is 1.49. The van der Waals surface area contributed by atoms with Crippen molar-refractivity contribution in [3.8, 4) is 0 Å². The molecule has 0 heterocycles. The molecule has 0 radical (unpaired) electrons. The number of aliphatic hydroxyl groups excluding tert-OH is 1. The van der Waals surface area contributed by atoms with E-state index in [0.29, 0.717) is 5.56 Å². The molecule has 0 amide bonds. The van der Waals surface area contributed by atoms with E-state index in [1.165, 1.54) is 7.11 Å². The van der Waals surface area contributed by atoms with Crippen molar-refractivity contribution in [3.63, 3.8) is 0 Å². The van der Waals surface area contributed by atoms with E-state index < -0.39 is 5.41 Å². The molecule has 0 unspecified atom stereocenters. The van der Waals surface area contributed by atoms with E-state index in [1.54, 1.807) is 24.3 Å². The lowest BCUT2D eigenvalue weighted by atomic mass is 9.82. The molecular formula is C13H19NO3. The fourth-order valence-corrected chi connectivity index (χ4v) is 1.49. The van der Waals surface area contributed by atoms with Crippen LogP contribution in [0.2, 0.25) is 0 Å². The number of hydrogen-bond acceptors (Lipinski definition) is 4. The molecule has 1 atom stereocenters. The van der Waals surface area contributed by atoms with Crippen LogP contribution >= 0.6 is 0 Å². The summed E-state index contributed by atoms with van der Waals surface area (Å²) in [4.78, 5) is 11.3. The van der Waals surface area contributed by atoms with E-state index in [2.05, 4.69) is 4.74 Å². The zero-order valence-electron chi connectivity index (χ0n) is 10.4. The molecule has 3 N–H and O–H groups in total. The normalized spacial score (nSPS) is 13.2. The topological polar surface area (TPSA) is 72.5 Å². The number of esters is 1. The van der Waals surface area contributed by atoms with Gasteiger partial charge < -0.3 is 15.6 Å². The first-order valence-electron chi connectivity index (χ1n) is 5.47. The Hall–Kier alpha value is -1.39. The largest absolute Gasteiger partial charge is 0.465 e. The van der Waals surface area contributed by atoms with Crippen LogP contribution in [-0.4, -0.2) is 24.8 Å². The third-order valence-electron chi connectivity index (χ3n) is 2.94. The molecule has 1 aromatic rings. The van der Waals surface area contributed by atoms with Crippen molar-refractivity contribution in [2.45, 2.75) is 19.9 Å². The number of nitrogens with two attached hydrogens (primary N) is 1. The summed E-state index contributed by atoms with van der Waals surface area (Å²) < 4.78 is 4.61. The maximum atomic E-state index is 11.3. The Morgan fingerprint density at radius 3 is 2.35 bits per heavy atom. The van der Waals surface area contributed by atoms with Crippen molar-refractivity contribution in [1.82, 2.24) is 0 Å². The molecule has 0 saturated carbocycles. The van der Waals surface area contributed by atoms with Gasteiger partial charge in [-0.2, -0.15) is 0 Å². The molecule has 0 aliphatic heterocycles. The van der Waals surface area contributed by atoms with Crippen LogP contribution in [0.3, 0.4) is 0 Å². The highest BCUT2D eigenvalue weighted by atomic mass is 16.5. The smallest absolute Gasteiger partial charge is 0.337 e. The first kappa shape index (κ1) is 13.7. The summed E-state index contributed by atoms with van der Waals surface area (Å²) in [7, 11) is 1.34. The summed E-state index contributed by atoms with van der Waals surface area (Å²) in [5, 5.41) is 9.25. The van der Waals surface area contributed by atoms with Crippen molar-refractivity contribution in [3.05, 3.63) is 35.4 Å². The summed E-state index contributed by atoms with van der Waals surface area (Å²) in [5.41, 5.74) is 7.05. The Labute approximate surface area is 101 Å². The van der Waals surface area contributed by atoms with Gasteiger partial charge in [0.2, 0.25) is 0 Å². The molecule has 0 aliphatic rings. The highest BCUT2D eigenvalue weighted by molar-refractivity contribution is 5.89. The van der Waals surface area contributed by atoms with Gasteiger partial charge in [0.15, 0.2) is 0 Å². The zero-order valence-corrected chi connectivity index (χ0v) is 10.4. The van der Waals surface area contributed by atoms with E-state index in [-0.39, 0.29) is 18.6 Å². The maximum absolute atomic E-state index is 11.3. The van der Waals surface area contributed by atoms with E-state index in [4.69, 9.17) is 5.73 Å². The molecule has 0 saturated heterocycles. The maximum Gasteiger partial charge on any atom is 0.337 e. The van der Waals surface area contributed by atoms with Gasteiger partial charge in [0, 0.05) is 18.1 Å². The molecule has 94 valence electrons. The van der Waals surface area contributed by atoms with Crippen LogP contribution in [-0.2, 0) is 4.74 Å². The van der Waals surface area contributed by atoms with Crippen LogP contribution in [0.1, 0.15) is 35.8 Å². The zero-order chi connectivity index (χ0) is 13.1. The molecule has 0 fully saturated rings. The average Bonchev–Trinajstić information content (AvgIpc) is 2.37. The second-order valence-electron chi connectivity index (χ2n) is 4.74. The van der Waals surface area contributed by atoms with Crippen molar-refractivity contribution in [2.24, 2.45) is 11.1 Å². The number of benzene rings is 1. The number of ether oxygens (including phenoxy) is 1. The van der Waals surface area contributed by atoms with E-state index in [0.717, 1.165) is 5.56 Å². The number of carbonyl (C=O) groups excluding carboxylic acids is 1. The Bertz CT molecular complexity index is 384. The van der Waals surface area contributed by atoms with Gasteiger partial charge in [-0.15, -0.1) is 0 Å². The van der Waals surface area contributed by atoms with E-state index in [9.17, 15) is 9.90 Å². The average molecular weight is 237 g/mol. The highest BCUT2D eigenvalue weighted by Crippen LogP contribution is 2.30. The molecule has 0 aromatic heterocycles. The first-order chi connectivity index (χ1) is 7.92. The summed E-state index contributed by atoms with van der Waals surface area (Å²) in [6, 6.07) is 6.64. The molecule has 4 nitrogen and oxygen atoms in total. The molecule has 1 aromatic carbocycles. The Morgan fingerprint density at radius 1 is 1.41 bits per heavy atom. The fourth-order valence-electron chi connectivity index (χ4n) is 1.49. The quantitative estimate of drug-likeness (QED) is 0.778. The Morgan fingerprint density at radius 2 is 1.94 bits per heavy atom. The number of aliphatic hydroxyl groups is 1. The fraction of sp³-hybridized carbons (Fsp3) is 0.462. The lowest BCUT2D eigenvalue weighted by Gasteiger charge is -2.29. The second kappa shape index (κ2) is 5.29. The summed E-state index contributed by atoms with van der Waals surface area (Å²) in [6.45, 7) is 3.80. The molecule has 0 spiro atoms. The predicted molar refractivity (Wildman–Crippen MR) is 65.6 cm³/mol. The third kappa shape index (κ3) is 3.05. The summed E-state index contributed by atoms with van der Waals surface area (Å²) in [6.07, 6.45) is 0. The van der Waals surface area contributed by atoms with Crippen LogP contribution < -0.4 is 5.73 Å². The number of carbonyl (C=O) groups is 1. The van der Waals surface area contributed by atoms with Crippen molar-refractivity contribution in [1.29, 1.82) is 0 Å². The minimum absolute atomic E-state index is 0.00686. The summed E-state index contributed by atoms with van der Waals surface area (Å²) in [5.74, 6) is -0.369.